The van der Waals surface area contributed by atoms with Crippen molar-refractivity contribution in [2.24, 2.45) is 0 Å². The quantitative estimate of drug-likeness (QED) is 0.694. The van der Waals surface area contributed by atoms with E-state index in [1.54, 1.807) is 0 Å². The zero-order valence-electron chi connectivity index (χ0n) is 8.63. The van der Waals surface area contributed by atoms with Gasteiger partial charge in [0.2, 0.25) is 0 Å². The highest BCUT2D eigenvalue weighted by Crippen LogP contribution is 2.13. The molecule has 2 nitrogen and oxygen atoms in total. The van der Waals surface area contributed by atoms with E-state index < -0.39 is 0 Å². The van der Waals surface area contributed by atoms with Crippen molar-refractivity contribution < 1.29 is 4.74 Å². The lowest BCUT2D eigenvalue weighted by Gasteiger charge is -2.20. The van der Waals surface area contributed by atoms with Crippen molar-refractivity contribution in [1.82, 2.24) is 4.90 Å². The maximum absolute atomic E-state index is 5.58. The fourth-order valence-electron chi connectivity index (χ4n) is 1.63. The third-order valence-electron chi connectivity index (χ3n) is 2.45. The molecule has 2 atom stereocenters. The number of rotatable bonds is 5. The van der Waals surface area contributed by atoms with Gasteiger partial charge in [-0.2, -0.15) is 0 Å². The van der Waals surface area contributed by atoms with Gasteiger partial charge in [-0.3, -0.25) is 0 Å². The molecule has 0 aromatic rings. The van der Waals surface area contributed by atoms with Gasteiger partial charge in [0.05, 0.1) is 6.10 Å². The highest BCUT2D eigenvalue weighted by atomic mass is 79.9. The first kappa shape index (κ1) is 11.5. The molecule has 1 heterocycles. The summed E-state index contributed by atoms with van der Waals surface area (Å²) in [6.45, 7) is 5.42. The van der Waals surface area contributed by atoms with E-state index in [0.717, 1.165) is 19.7 Å². The monoisotopic (exact) mass is 249 g/mol. The molecule has 1 fully saturated rings. The van der Waals surface area contributed by atoms with E-state index in [9.17, 15) is 0 Å². The Morgan fingerprint density at radius 1 is 1.62 bits per heavy atom. The number of nitrogens with zero attached hydrogens (tertiary/aromatic N) is 1. The zero-order valence-corrected chi connectivity index (χ0v) is 10.2. The van der Waals surface area contributed by atoms with Gasteiger partial charge in [-0.25, -0.2) is 0 Å². The molecule has 1 aliphatic rings. The van der Waals surface area contributed by atoms with Gasteiger partial charge in [0.1, 0.15) is 0 Å². The van der Waals surface area contributed by atoms with E-state index in [1.807, 2.05) is 0 Å². The van der Waals surface area contributed by atoms with E-state index in [-0.39, 0.29) is 0 Å². The van der Waals surface area contributed by atoms with Crippen molar-refractivity contribution in [2.45, 2.75) is 37.1 Å². The minimum absolute atomic E-state index is 0.496. The van der Waals surface area contributed by atoms with Crippen LogP contribution in [0.15, 0.2) is 0 Å². The Bertz CT molecular complexity index is 135. The number of hydrogen-bond donors (Lipinski definition) is 0. The lowest BCUT2D eigenvalue weighted by atomic mass is 10.2. The molecule has 13 heavy (non-hydrogen) atoms. The van der Waals surface area contributed by atoms with Crippen LogP contribution in [0.1, 0.15) is 26.2 Å². The van der Waals surface area contributed by atoms with Crippen molar-refractivity contribution in [2.75, 3.05) is 26.7 Å². The third kappa shape index (κ3) is 4.99. The average Bonchev–Trinajstić information content (AvgIpc) is 2.53. The largest absolute Gasteiger partial charge is 0.377 e. The molecular formula is C10H20BrNO. The lowest BCUT2D eigenvalue weighted by molar-refractivity contribution is 0.0810. The second-order valence-electron chi connectivity index (χ2n) is 3.97. The van der Waals surface area contributed by atoms with Crippen LogP contribution in [-0.2, 0) is 4.74 Å². The van der Waals surface area contributed by atoms with Gasteiger partial charge in [-0.1, -0.05) is 22.9 Å². The Hall–Kier alpha value is 0.400. The molecule has 2 unspecified atom stereocenters. The number of alkyl halides is 1. The molecule has 0 aromatic carbocycles. The molecule has 78 valence electrons. The summed E-state index contributed by atoms with van der Waals surface area (Å²) in [4.78, 5) is 2.99. The molecule has 1 saturated heterocycles. The summed E-state index contributed by atoms with van der Waals surface area (Å²) in [5, 5.41) is 0. The fourth-order valence-corrected chi connectivity index (χ4v) is 1.83. The zero-order chi connectivity index (χ0) is 9.68. The van der Waals surface area contributed by atoms with Crippen LogP contribution in [0.2, 0.25) is 0 Å². The highest BCUT2D eigenvalue weighted by Gasteiger charge is 2.17. The molecule has 0 saturated carbocycles. The second kappa shape index (κ2) is 5.99. The van der Waals surface area contributed by atoms with Gasteiger partial charge >= 0.3 is 0 Å². The van der Waals surface area contributed by atoms with Gasteiger partial charge in [0.25, 0.3) is 0 Å². The fraction of sp³-hybridized carbons (Fsp3) is 1.00. The Kier molecular flexibility index (Phi) is 5.29. The first-order valence-corrected chi connectivity index (χ1v) is 6.04. The number of likely N-dealkylation sites (N-methyl/N-ethyl adjacent to an activating group) is 1. The van der Waals surface area contributed by atoms with Crippen molar-refractivity contribution in [3.8, 4) is 0 Å². The predicted molar refractivity (Wildman–Crippen MR) is 59.5 cm³/mol. The molecule has 1 rings (SSSR count). The van der Waals surface area contributed by atoms with Crippen LogP contribution < -0.4 is 0 Å². The summed E-state index contributed by atoms with van der Waals surface area (Å²) in [5.74, 6) is 0. The smallest absolute Gasteiger partial charge is 0.0702 e. The van der Waals surface area contributed by atoms with Crippen LogP contribution >= 0.6 is 15.9 Å². The van der Waals surface area contributed by atoms with Crippen molar-refractivity contribution in [3.05, 3.63) is 0 Å². The summed E-state index contributed by atoms with van der Waals surface area (Å²) in [7, 11) is 2.18. The van der Waals surface area contributed by atoms with Gasteiger partial charge in [0.15, 0.2) is 0 Å². The van der Waals surface area contributed by atoms with Crippen LogP contribution in [-0.4, -0.2) is 42.6 Å². The van der Waals surface area contributed by atoms with Gasteiger partial charge in [-0.15, -0.1) is 0 Å². The lowest BCUT2D eigenvalue weighted by Crippen LogP contribution is -2.30. The van der Waals surface area contributed by atoms with E-state index >= 15 is 0 Å². The van der Waals surface area contributed by atoms with Crippen LogP contribution in [0.5, 0.6) is 0 Å². The molecule has 0 N–H and O–H groups in total. The second-order valence-corrected chi connectivity index (χ2v) is 5.53. The maximum atomic E-state index is 5.58. The van der Waals surface area contributed by atoms with Gasteiger partial charge < -0.3 is 9.64 Å². The Morgan fingerprint density at radius 3 is 2.92 bits per heavy atom. The normalized spacial score (nSPS) is 25.4. The first-order chi connectivity index (χ1) is 6.18. The molecular weight excluding hydrogens is 230 g/mol. The molecule has 0 radical (unpaired) electrons. The first-order valence-electron chi connectivity index (χ1n) is 5.12. The highest BCUT2D eigenvalue weighted by molar-refractivity contribution is 9.09. The topological polar surface area (TPSA) is 12.5 Å². The van der Waals surface area contributed by atoms with Gasteiger partial charge in [-0.05, 0) is 32.9 Å². The molecule has 3 heteroatoms. The summed E-state index contributed by atoms with van der Waals surface area (Å²) in [6.07, 6.45) is 4.20. The SMILES string of the molecule is CC(Br)CCN(C)CC1CCCO1. The standard InChI is InChI=1S/C10H20BrNO/c1-9(11)5-6-12(2)8-10-4-3-7-13-10/h9-10H,3-8H2,1-2H3. The minimum atomic E-state index is 0.496. The van der Waals surface area contributed by atoms with E-state index in [1.165, 1.54) is 19.3 Å². The van der Waals surface area contributed by atoms with Gasteiger partial charge in [0, 0.05) is 18.0 Å². The van der Waals surface area contributed by atoms with E-state index in [4.69, 9.17) is 4.74 Å². The number of hydrogen-bond acceptors (Lipinski definition) is 2. The van der Waals surface area contributed by atoms with Crippen molar-refractivity contribution in [1.29, 1.82) is 0 Å². The molecule has 1 aliphatic heterocycles. The van der Waals surface area contributed by atoms with E-state index in [0.29, 0.717) is 10.9 Å². The Labute approximate surface area is 89.8 Å². The van der Waals surface area contributed by atoms with Crippen LogP contribution in [0.4, 0.5) is 0 Å². The van der Waals surface area contributed by atoms with E-state index in [2.05, 4.69) is 34.8 Å². The molecule has 0 aliphatic carbocycles. The predicted octanol–water partition coefficient (Wildman–Crippen LogP) is 2.27. The maximum Gasteiger partial charge on any atom is 0.0702 e. The van der Waals surface area contributed by atoms with Crippen molar-refractivity contribution in [3.63, 3.8) is 0 Å². The molecule has 0 spiro atoms. The molecule has 0 bridgehead atoms. The molecule has 0 aromatic heterocycles. The summed E-state index contributed by atoms with van der Waals surface area (Å²) < 4.78 is 5.58. The Morgan fingerprint density at radius 2 is 2.38 bits per heavy atom. The van der Waals surface area contributed by atoms with Crippen LogP contribution in [0.3, 0.4) is 0 Å². The van der Waals surface area contributed by atoms with Crippen molar-refractivity contribution >= 4 is 15.9 Å². The summed E-state index contributed by atoms with van der Waals surface area (Å²) in [6, 6.07) is 0. The average molecular weight is 250 g/mol. The summed E-state index contributed by atoms with van der Waals surface area (Å²) in [5.41, 5.74) is 0. The summed E-state index contributed by atoms with van der Waals surface area (Å²) >= 11 is 3.56. The number of halogens is 1. The van der Waals surface area contributed by atoms with Crippen LogP contribution in [0, 0.1) is 0 Å². The van der Waals surface area contributed by atoms with Crippen LogP contribution in [0.25, 0.3) is 0 Å². The minimum Gasteiger partial charge on any atom is -0.377 e. The third-order valence-corrected chi connectivity index (χ3v) is 2.91. The number of ether oxygens (including phenoxy) is 1. The molecule has 0 amide bonds. The Balaban J connectivity index is 2.05.